The van der Waals surface area contributed by atoms with Gasteiger partial charge >= 0.3 is 6.18 Å². The second-order valence-corrected chi connectivity index (χ2v) is 9.04. The molecule has 35 heavy (non-hydrogen) atoms. The second kappa shape index (κ2) is 9.94. The molecule has 0 radical (unpaired) electrons. The molecule has 2 fully saturated rings. The molecule has 2 aliphatic rings. The van der Waals surface area contributed by atoms with E-state index in [2.05, 4.69) is 20.5 Å². The first-order chi connectivity index (χ1) is 16.9. The summed E-state index contributed by atoms with van der Waals surface area (Å²) in [6.07, 6.45) is 3.49. The first-order valence-electron chi connectivity index (χ1n) is 11.9. The Morgan fingerprint density at radius 3 is 2.60 bits per heavy atom. The third kappa shape index (κ3) is 5.18. The van der Waals surface area contributed by atoms with Crippen molar-refractivity contribution in [3.8, 4) is 17.0 Å². The lowest BCUT2D eigenvalue weighted by Gasteiger charge is -2.29. The van der Waals surface area contributed by atoms with Gasteiger partial charge in [0.1, 0.15) is 11.4 Å². The van der Waals surface area contributed by atoms with Gasteiger partial charge in [0.05, 0.1) is 24.3 Å². The molecule has 1 aromatic carbocycles. The molecule has 2 aromatic heterocycles. The number of fused-ring (bicyclic) bond motifs is 1. The van der Waals surface area contributed by atoms with Crippen molar-refractivity contribution in [1.29, 1.82) is 0 Å². The maximum absolute atomic E-state index is 13.5. The molecule has 186 valence electrons. The fourth-order valence-electron chi connectivity index (χ4n) is 4.70. The minimum atomic E-state index is -4.52. The normalized spacial score (nSPS) is 23.3. The molecule has 1 unspecified atom stereocenters. The lowest BCUT2D eigenvalue weighted by Crippen LogP contribution is -2.36. The number of pyridine rings is 1. The van der Waals surface area contributed by atoms with Crippen LogP contribution in [-0.4, -0.2) is 45.3 Å². The lowest BCUT2D eigenvalue weighted by atomic mass is 9.92. The Morgan fingerprint density at radius 2 is 1.83 bits per heavy atom. The van der Waals surface area contributed by atoms with Crippen molar-refractivity contribution >= 4 is 16.6 Å². The summed E-state index contributed by atoms with van der Waals surface area (Å²) < 4.78 is 52.0. The van der Waals surface area contributed by atoms with Crippen LogP contribution in [0, 0.1) is 0 Å². The minimum Gasteiger partial charge on any atom is -0.464 e. The van der Waals surface area contributed by atoms with Crippen LogP contribution in [0.15, 0.2) is 36.7 Å². The number of aliphatic hydroxyl groups excluding tert-OH is 1. The first-order valence-corrected chi connectivity index (χ1v) is 11.9. The molecule has 5 rings (SSSR count). The zero-order valence-electron chi connectivity index (χ0n) is 19.1. The highest BCUT2D eigenvalue weighted by atomic mass is 19.4. The molecule has 1 aliphatic heterocycles. The van der Waals surface area contributed by atoms with Crippen molar-refractivity contribution < 1.29 is 27.8 Å². The van der Waals surface area contributed by atoms with E-state index in [1.807, 2.05) is 0 Å². The molecule has 0 spiro atoms. The van der Waals surface area contributed by atoms with E-state index in [0.717, 1.165) is 50.7 Å². The number of nitrogens with zero attached hydrogens (tertiary/aromatic N) is 3. The molecular formula is C25H27F3N4O3. The van der Waals surface area contributed by atoms with Crippen molar-refractivity contribution in [1.82, 2.24) is 15.2 Å². The van der Waals surface area contributed by atoms with Crippen LogP contribution in [0.5, 0.6) is 5.75 Å². The summed E-state index contributed by atoms with van der Waals surface area (Å²) in [6, 6.07) is 4.97. The van der Waals surface area contributed by atoms with E-state index in [1.165, 1.54) is 6.07 Å². The Balaban J connectivity index is 1.56. The number of alkyl halides is 3. The summed E-state index contributed by atoms with van der Waals surface area (Å²) in [5.74, 6) is 0.523. The molecule has 3 aromatic rings. The predicted molar refractivity (Wildman–Crippen MR) is 124 cm³/mol. The molecule has 1 aliphatic carbocycles. The van der Waals surface area contributed by atoms with Crippen LogP contribution in [0.1, 0.15) is 50.5 Å². The van der Waals surface area contributed by atoms with E-state index in [4.69, 9.17) is 9.47 Å². The average molecular weight is 489 g/mol. The number of hydrogen-bond acceptors (Lipinski definition) is 7. The number of aliphatic hydroxyl groups is 1. The Bertz CT molecular complexity index is 1180. The van der Waals surface area contributed by atoms with Gasteiger partial charge in [-0.2, -0.15) is 13.2 Å². The second-order valence-electron chi connectivity index (χ2n) is 9.04. The van der Waals surface area contributed by atoms with E-state index >= 15 is 0 Å². The molecule has 3 atom stereocenters. The number of benzene rings is 1. The molecule has 2 N–H and O–H groups in total. The number of anilines is 1. The van der Waals surface area contributed by atoms with Crippen molar-refractivity contribution in [2.75, 3.05) is 11.9 Å². The van der Waals surface area contributed by atoms with Crippen LogP contribution in [-0.2, 0) is 10.9 Å². The molecule has 7 nitrogen and oxygen atoms in total. The van der Waals surface area contributed by atoms with Crippen LogP contribution >= 0.6 is 0 Å². The van der Waals surface area contributed by atoms with Gasteiger partial charge in [-0.1, -0.05) is 12.8 Å². The summed E-state index contributed by atoms with van der Waals surface area (Å²) in [7, 11) is 0. The third-order valence-corrected chi connectivity index (χ3v) is 6.59. The summed E-state index contributed by atoms with van der Waals surface area (Å²) in [4.78, 5) is 4.21. The fourth-order valence-corrected chi connectivity index (χ4v) is 4.70. The third-order valence-electron chi connectivity index (χ3n) is 6.59. The molecular weight excluding hydrogens is 461 g/mol. The van der Waals surface area contributed by atoms with Crippen molar-refractivity contribution in [2.24, 2.45) is 0 Å². The molecule has 1 saturated carbocycles. The van der Waals surface area contributed by atoms with Crippen LogP contribution in [0.3, 0.4) is 0 Å². The van der Waals surface area contributed by atoms with E-state index < -0.39 is 24.1 Å². The van der Waals surface area contributed by atoms with Crippen molar-refractivity contribution in [2.45, 2.75) is 69.6 Å². The standard InChI is InChI=1S/C25H27F3N4O3/c26-25(27,28)15-8-9-17(21(13-15)35-22-7-3-4-12-34-22)23-16-10-11-29-14-18(16)24(32-31-23)30-19-5-1-2-6-20(19)33/h8-11,13-14,19-20,22,33H,1-7,12H2,(H,30,32)/t19-,20-,22?/m1/s1. The summed E-state index contributed by atoms with van der Waals surface area (Å²) in [5, 5.41) is 23.7. The smallest absolute Gasteiger partial charge is 0.416 e. The lowest BCUT2D eigenvalue weighted by molar-refractivity contribution is -0.138. The Hall–Kier alpha value is -2.98. The molecule has 1 saturated heterocycles. The highest BCUT2D eigenvalue weighted by Gasteiger charge is 2.32. The Kier molecular flexibility index (Phi) is 6.75. The van der Waals surface area contributed by atoms with E-state index in [0.29, 0.717) is 40.9 Å². The van der Waals surface area contributed by atoms with Crippen molar-refractivity contribution in [3.05, 3.63) is 42.2 Å². The topological polar surface area (TPSA) is 89.4 Å². The van der Waals surface area contributed by atoms with E-state index in [1.54, 1.807) is 18.5 Å². The predicted octanol–water partition coefficient (Wildman–Crippen LogP) is 5.33. The van der Waals surface area contributed by atoms with Crippen LogP contribution < -0.4 is 10.1 Å². The first kappa shape index (κ1) is 23.7. The SMILES string of the molecule is O[C@@H]1CCCC[C@H]1Nc1nnc(-c2ccc(C(F)(F)F)cc2OC2CCCCO2)c2ccncc12. The van der Waals surface area contributed by atoms with Gasteiger partial charge in [-0.3, -0.25) is 4.98 Å². The fraction of sp³-hybridized carbons (Fsp3) is 0.480. The number of nitrogens with one attached hydrogen (secondary N) is 1. The Labute approximate surface area is 200 Å². The van der Waals surface area contributed by atoms with Gasteiger partial charge in [0.2, 0.25) is 0 Å². The maximum atomic E-state index is 13.5. The number of hydrogen-bond donors (Lipinski definition) is 2. The van der Waals surface area contributed by atoms with Gasteiger partial charge in [0.25, 0.3) is 0 Å². The van der Waals surface area contributed by atoms with Gasteiger partial charge < -0.3 is 19.9 Å². The van der Waals surface area contributed by atoms with E-state index in [9.17, 15) is 18.3 Å². The molecule has 3 heterocycles. The summed E-state index contributed by atoms with van der Waals surface area (Å²) >= 11 is 0. The quantitative estimate of drug-likeness (QED) is 0.502. The number of halogens is 3. The monoisotopic (exact) mass is 488 g/mol. The number of rotatable bonds is 5. The molecule has 0 bridgehead atoms. The van der Waals surface area contributed by atoms with Crippen LogP contribution in [0.25, 0.3) is 22.0 Å². The van der Waals surface area contributed by atoms with Gasteiger partial charge in [0, 0.05) is 35.2 Å². The highest BCUT2D eigenvalue weighted by Crippen LogP contribution is 2.40. The van der Waals surface area contributed by atoms with E-state index in [-0.39, 0.29) is 11.8 Å². The molecule has 10 heteroatoms. The largest absolute Gasteiger partial charge is 0.464 e. The van der Waals surface area contributed by atoms with Gasteiger partial charge in [-0.05, 0) is 49.9 Å². The number of aromatic nitrogens is 3. The summed E-state index contributed by atoms with van der Waals surface area (Å²) in [6.45, 7) is 0.501. The number of ether oxygens (including phenoxy) is 2. The summed E-state index contributed by atoms with van der Waals surface area (Å²) in [5.41, 5.74) is -0.0348. The Morgan fingerprint density at radius 1 is 1.00 bits per heavy atom. The van der Waals surface area contributed by atoms with Gasteiger partial charge in [-0.15, -0.1) is 10.2 Å². The van der Waals surface area contributed by atoms with Gasteiger partial charge in [0.15, 0.2) is 12.1 Å². The van der Waals surface area contributed by atoms with Crippen LogP contribution in [0.4, 0.5) is 19.0 Å². The maximum Gasteiger partial charge on any atom is 0.416 e. The molecule has 0 amide bonds. The zero-order chi connectivity index (χ0) is 24.4. The zero-order valence-corrected chi connectivity index (χ0v) is 19.1. The minimum absolute atomic E-state index is 0.0440. The van der Waals surface area contributed by atoms with Crippen molar-refractivity contribution in [3.63, 3.8) is 0 Å². The van der Waals surface area contributed by atoms with Crippen LogP contribution in [0.2, 0.25) is 0 Å². The average Bonchev–Trinajstić information content (AvgIpc) is 2.86. The van der Waals surface area contributed by atoms with Gasteiger partial charge in [-0.25, -0.2) is 0 Å². The highest BCUT2D eigenvalue weighted by molar-refractivity contribution is 6.00.